The first-order chi connectivity index (χ1) is 10.4. The van der Waals surface area contributed by atoms with Gasteiger partial charge in [-0.15, -0.1) is 0 Å². The van der Waals surface area contributed by atoms with Crippen molar-refractivity contribution in [2.75, 3.05) is 0 Å². The van der Waals surface area contributed by atoms with Gasteiger partial charge in [-0.25, -0.2) is 4.79 Å². The Morgan fingerprint density at radius 2 is 1.70 bits per heavy atom. The van der Waals surface area contributed by atoms with Crippen molar-refractivity contribution in [1.82, 2.24) is 0 Å². The Kier molecular flexibility index (Phi) is 9.83. The minimum atomic E-state index is -2.18. The van der Waals surface area contributed by atoms with Gasteiger partial charge in [0.15, 0.2) is 8.32 Å². The molecule has 0 aromatic carbocycles. The van der Waals surface area contributed by atoms with Crippen molar-refractivity contribution in [3.8, 4) is 0 Å². The third-order valence-corrected chi connectivity index (χ3v) is 13.3. The topological polar surface area (TPSA) is 44.8 Å². The fourth-order valence-corrected chi connectivity index (χ4v) is 12.3. The summed E-state index contributed by atoms with van der Waals surface area (Å²) in [7, 11) is -5.49. The molecule has 0 aliphatic carbocycles. The van der Waals surface area contributed by atoms with Crippen LogP contribution in [0.1, 0.15) is 39.5 Å². The van der Waals surface area contributed by atoms with Gasteiger partial charge in [-0.1, -0.05) is 32.8 Å². The monoisotopic (exact) mass is 376 g/mol. The van der Waals surface area contributed by atoms with E-state index >= 15 is 0 Å². The molecule has 2 unspecified atom stereocenters. The molecule has 2 atom stereocenters. The molecule has 0 bridgehead atoms. The molecule has 0 aliphatic rings. The van der Waals surface area contributed by atoms with E-state index in [0.29, 0.717) is 5.57 Å². The van der Waals surface area contributed by atoms with E-state index in [1.165, 1.54) is 0 Å². The summed E-state index contributed by atoms with van der Waals surface area (Å²) < 4.78 is 18.2. The Balaban J connectivity index is 4.93. The van der Waals surface area contributed by atoms with Gasteiger partial charge in [0.2, 0.25) is 8.32 Å². The first kappa shape index (κ1) is 22.8. The lowest BCUT2D eigenvalue weighted by Crippen LogP contribution is -2.52. The van der Waals surface area contributed by atoms with Crippen molar-refractivity contribution < 1.29 is 17.8 Å². The number of carbonyl (C=O) groups excluding carboxylic acids is 1. The summed E-state index contributed by atoms with van der Waals surface area (Å²) in [4.78, 5) is 12.0. The Morgan fingerprint density at radius 3 is 2.13 bits per heavy atom. The molecule has 0 rings (SSSR count). The first-order valence-electron chi connectivity index (χ1n) is 8.61. The molecule has 0 saturated carbocycles. The molecule has 0 radical (unpaired) electrons. The van der Waals surface area contributed by atoms with Crippen molar-refractivity contribution in [2.45, 2.75) is 84.5 Å². The molecule has 4 nitrogen and oxygen atoms in total. The Labute approximate surface area is 146 Å². The molecule has 0 aromatic heterocycles. The van der Waals surface area contributed by atoms with Crippen LogP contribution in [0.25, 0.3) is 0 Å². The molecule has 0 amide bonds. The van der Waals surface area contributed by atoms with Crippen molar-refractivity contribution in [2.24, 2.45) is 0 Å². The average Bonchev–Trinajstić information content (AvgIpc) is 2.34. The molecule has 0 saturated heterocycles. The van der Waals surface area contributed by atoms with Gasteiger partial charge in [0, 0.05) is 5.57 Å². The summed E-state index contributed by atoms with van der Waals surface area (Å²) in [6, 6.07) is 0. The van der Waals surface area contributed by atoms with E-state index in [1.807, 2.05) is 0 Å². The van der Waals surface area contributed by atoms with Crippen LogP contribution >= 0.6 is 0 Å². The van der Waals surface area contributed by atoms with Crippen molar-refractivity contribution >= 4 is 31.9 Å². The fraction of sp³-hybridized carbons (Fsp3) is 0.812. The number of esters is 1. The number of rotatable bonds is 11. The summed E-state index contributed by atoms with van der Waals surface area (Å²) in [5.41, 5.74) is 0.303. The van der Waals surface area contributed by atoms with Crippen molar-refractivity contribution in [3.05, 3.63) is 12.2 Å². The van der Waals surface area contributed by atoms with Crippen LogP contribution in [-0.2, 0) is 17.8 Å². The van der Waals surface area contributed by atoms with Crippen molar-refractivity contribution in [3.63, 3.8) is 0 Å². The minimum Gasteiger partial charge on any atom is -0.460 e. The van der Waals surface area contributed by atoms with Gasteiger partial charge in [-0.2, -0.15) is 0 Å². The average molecular weight is 377 g/mol. The third kappa shape index (κ3) is 10.3. The maximum Gasteiger partial charge on any atom is 0.333 e. The highest BCUT2D eigenvalue weighted by Gasteiger charge is 2.39. The molecule has 23 heavy (non-hydrogen) atoms. The predicted octanol–water partition coefficient (Wildman–Crippen LogP) is 4.52. The van der Waals surface area contributed by atoms with Crippen molar-refractivity contribution in [1.29, 1.82) is 0 Å². The molecular weight excluding hydrogens is 340 g/mol. The largest absolute Gasteiger partial charge is 0.460 e. The highest BCUT2D eigenvalue weighted by atomic mass is 28.4. The van der Waals surface area contributed by atoms with Crippen LogP contribution in [0.5, 0.6) is 0 Å². The Hall–Kier alpha value is -0.219. The zero-order valence-electron chi connectivity index (χ0n) is 16.3. The number of hydrogen-bond donors (Lipinski definition) is 0. The maximum absolute atomic E-state index is 12.0. The number of unbranched alkanes of at least 4 members (excludes halogenated alkanes) is 2. The zero-order chi connectivity index (χ0) is 18.3. The molecule has 136 valence electrons. The predicted molar refractivity (Wildman–Crippen MR) is 105 cm³/mol. The lowest BCUT2D eigenvalue weighted by atomic mass is 10.2. The lowest BCUT2D eigenvalue weighted by Gasteiger charge is -2.36. The van der Waals surface area contributed by atoms with E-state index in [2.05, 4.69) is 52.8 Å². The van der Waals surface area contributed by atoms with Gasteiger partial charge in [0.05, 0.1) is 0 Å². The van der Waals surface area contributed by atoms with E-state index in [1.54, 1.807) is 6.92 Å². The smallest absolute Gasteiger partial charge is 0.333 e. The van der Waals surface area contributed by atoms with Crippen LogP contribution in [-0.4, -0.2) is 37.6 Å². The van der Waals surface area contributed by atoms with Crippen LogP contribution in [0.3, 0.4) is 0 Å². The molecule has 0 spiro atoms. The summed E-state index contributed by atoms with van der Waals surface area (Å²) >= 11 is 0. The molecule has 0 aromatic rings. The van der Waals surface area contributed by atoms with Crippen LogP contribution in [0.15, 0.2) is 12.2 Å². The number of carbonyl (C=O) groups is 1. The lowest BCUT2D eigenvalue weighted by molar-refractivity contribution is -0.141. The maximum atomic E-state index is 12.0. The van der Waals surface area contributed by atoms with Crippen LogP contribution in [0.2, 0.25) is 39.3 Å². The third-order valence-electron chi connectivity index (χ3n) is 3.43. The molecular formula is C16H36O4Si3. The van der Waals surface area contributed by atoms with E-state index < -0.39 is 25.9 Å². The molecule has 7 heteroatoms. The van der Waals surface area contributed by atoms with E-state index in [-0.39, 0.29) is 11.7 Å². The van der Waals surface area contributed by atoms with Crippen LogP contribution < -0.4 is 0 Å². The highest BCUT2D eigenvalue weighted by molar-refractivity contribution is 6.81. The summed E-state index contributed by atoms with van der Waals surface area (Å²) in [6.07, 6.45) is 4.20. The van der Waals surface area contributed by atoms with Gasteiger partial charge in [-0.05, 0) is 52.6 Å². The number of ether oxygens (including phenoxy) is 1. The van der Waals surface area contributed by atoms with Gasteiger partial charge in [0.1, 0.15) is 5.73 Å². The highest BCUT2D eigenvalue weighted by Crippen LogP contribution is 2.23. The van der Waals surface area contributed by atoms with Crippen LogP contribution in [0, 0.1) is 0 Å². The molecule has 0 aliphatic heterocycles. The summed E-state index contributed by atoms with van der Waals surface area (Å²) in [5, 5.41) is 0. The van der Waals surface area contributed by atoms with Gasteiger partial charge in [-0.3, -0.25) is 0 Å². The second-order valence-electron chi connectivity index (χ2n) is 7.69. The van der Waals surface area contributed by atoms with Gasteiger partial charge >= 0.3 is 5.97 Å². The first-order valence-corrected chi connectivity index (χ1v) is 17.1. The summed E-state index contributed by atoms with van der Waals surface area (Å²) in [5.74, 6) is -0.309. The van der Waals surface area contributed by atoms with E-state index in [4.69, 9.17) is 13.0 Å². The zero-order valence-corrected chi connectivity index (χ0v) is 19.5. The normalized spacial score (nSPS) is 15.1. The minimum absolute atomic E-state index is 0.140. The molecule has 0 heterocycles. The standard InChI is InChI=1S/C16H36O4Si3/c1-10-11-12-13-15(18-16(17)14(2)3)23(8,9)20-21(4)19-22(5,6)7/h15,21H,2,10-13H2,1,3-9H3. The quantitative estimate of drug-likeness (QED) is 0.230. The summed E-state index contributed by atoms with van der Waals surface area (Å²) in [6.45, 7) is 20.4. The Morgan fingerprint density at radius 1 is 1.13 bits per heavy atom. The molecule has 0 N–H and O–H groups in total. The number of hydrogen-bond acceptors (Lipinski definition) is 4. The van der Waals surface area contributed by atoms with Crippen LogP contribution in [0.4, 0.5) is 0 Å². The fourth-order valence-electron chi connectivity index (χ4n) is 2.38. The molecule has 0 fully saturated rings. The second-order valence-corrected chi connectivity index (χ2v) is 18.8. The Bertz CT molecular complexity index is 391. The van der Waals surface area contributed by atoms with E-state index in [0.717, 1.165) is 25.7 Å². The van der Waals surface area contributed by atoms with E-state index in [9.17, 15) is 4.79 Å². The van der Waals surface area contributed by atoms with Gasteiger partial charge in [0.25, 0.3) is 9.28 Å². The second kappa shape index (κ2) is 9.93. The SMILES string of the molecule is C=C(C)C(=O)OC(CCCCC)[Si](C)(C)O[SiH](C)O[Si](C)(C)C. The van der Waals surface area contributed by atoms with Gasteiger partial charge < -0.3 is 13.0 Å².